The van der Waals surface area contributed by atoms with Gasteiger partial charge in [0.1, 0.15) is 0 Å². The Labute approximate surface area is 194 Å². The fourth-order valence-corrected chi connectivity index (χ4v) is 4.23. The first-order valence-corrected chi connectivity index (χ1v) is 12.0. The summed E-state index contributed by atoms with van der Waals surface area (Å²) in [7, 11) is -2.63. The van der Waals surface area contributed by atoms with Gasteiger partial charge in [0.05, 0.1) is 18.0 Å². The van der Waals surface area contributed by atoms with Crippen LogP contribution in [0.5, 0.6) is 0 Å². The van der Waals surface area contributed by atoms with E-state index in [0.29, 0.717) is 24.3 Å². The first-order valence-electron chi connectivity index (χ1n) is 10.5. The fourth-order valence-electron chi connectivity index (χ4n) is 3.11. The van der Waals surface area contributed by atoms with Crippen LogP contribution in [-0.2, 0) is 24.4 Å². The van der Waals surface area contributed by atoms with E-state index < -0.39 is 22.5 Å². The van der Waals surface area contributed by atoms with Crippen molar-refractivity contribution in [3.8, 4) is 0 Å². The van der Waals surface area contributed by atoms with Gasteiger partial charge in [-0.2, -0.15) is 4.31 Å². The minimum Gasteiger partial charge on any atom is -0.332 e. The molecule has 0 aliphatic carbocycles. The van der Waals surface area contributed by atoms with Gasteiger partial charge in [-0.3, -0.25) is 14.4 Å². The van der Waals surface area contributed by atoms with Gasteiger partial charge in [-0.15, -0.1) is 0 Å². The van der Waals surface area contributed by atoms with E-state index in [9.17, 15) is 22.8 Å². The van der Waals surface area contributed by atoms with Gasteiger partial charge < -0.3 is 15.5 Å². The summed E-state index contributed by atoms with van der Waals surface area (Å²) >= 11 is 0. The first kappa shape index (κ1) is 26.0. The average Bonchev–Trinajstić information content (AvgIpc) is 2.75. The normalized spacial score (nSPS) is 11.2. The molecule has 10 heteroatoms. The number of sulfonamides is 1. The highest BCUT2D eigenvalue weighted by Gasteiger charge is 2.26. The minimum atomic E-state index is -3.94. The Balaban J connectivity index is 2.06. The molecule has 2 aromatic carbocycles. The number of hydrogen-bond donors (Lipinski definition) is 2. The third-order valence-corrected chi connectivity index (χ3v) is 6.66. The molecule has 178 valence electrons. The smallest absolute Gasteiger partial charge is 0.244 e. The predicted molar refractivity (Wildman–Crippen MR) is 127 cm³/mol. The molecule has 0 bridgehead atoms. The number of rotatable bonds is 10. The summed E-state index contributed by atoms with van der Waals surface area (Å²) in [5.41, 5.74) is 2.03. The summed E-state index contributed by atoms with van der Waals surface area (Å²) < 4.78 is 26.7. The SMILES string of the molecule is CCCN(CC(=O)Nc1ccccc1C)C(=O)CN(C)S(=O)(=O)c1ccc(NC(C)=O)cc1. The zero-order valence-corrected chi connectivity index (χ0v) is 20.1. The highest BCUT2D eigenvalue weighted by atomic mass is 32.2. The maximum absolute atomic E-state index is 12.9. The molecule has 0 heterocycles. The average molecular weight is 475 g/mol. The number of nitrogens with one attached hydrogen (secondary N) is 2. The number of likely N-dealkylation sites (N-methyl/N-ethyl adjacent to an activating group) is 1. The van der Waals surface area contributed by atoms with E-state index in [2.05, 4.69) is 10.6 Å². The summed E-state index contributed by atoms with van der Waals surface area (Å²) in [6.07, 6.45) is 0.616. The Morgan fingerprint density at radius 2 is 1.58 bits per heavy atom. The number of carbonyl (C=O) groups excluding carboxylic acids is 3. The first-order chi connectivity index (χ1) is 15.5. The van der Waals surface area contributed by atoms with Gasteiger partial charge in [-0.05, 0) is 49.2 Å². The monoisotopic (exact) mass is 474 g/mol. The van der Waals surface area contributed by atoms with Gasteiger partial charge in [0, 0.05) is 31.9 Å². The highest BCUT2D eigenvalue weighted by molar-refractivity contribution is 7.89. The molecule has 0 saturated carbocycles. The summed E-state index contributed by atoms with van der Waals surface area (Å²) in [5, 5.41) is 5.35. The fraction of sp³-hybridized carbons (Fsp3) is 0.348. The summed E-state index contributed by atoms with van der Waals surface area (Å²) in [4.78, 5) is 37.8. The molecule has 0 unspecified atom stereocenters. The van der Waals surface area contributed by atoms with Crippen LogP contribution in [0.2, 0.25) is 0 Å². The van der Waals surface area contributed by atoms with E-state index in [1.807, 2.05) is 26.0 Å². The molecule has 2 aromatic rings. The Hall–Kier alpha value is -3.24. The van der Waals surface area contributed by atoms with Crippen molar-refractivity contribution in [1.29, 1.82) is 0 Å². The predicted octanol–water partition coefficient (Wildman–Crippen LogP) is 2.45. The second-order valence-electron chi connectivity index (χ2n) is 7.65. The zero-order valence-electron chi connectivity index (χ0n) is 19.3. The zero-order chi connectivity index (χ0) is 24.6. The minimum absolute atomic E-state index is 0.00811. The van der Waals surface area contributed by atoms with Gasteiger partial charge >= 0.3 is 0 Å². The third kappa shape index (κ3) is 7.40. The topological polar surface area (TPSA) is 116 Å². The number of aryl methyl sites for hydroxylation is 1. The van der Waals surface area contributed by atoms with Crippen molar-refractivity contribution in [1.82, 2.24) is 9.21 Å². The van der Waals surface area contributed by atoms with E-state index in [0.717, 1.165) is 9.87 Å². The summed E-state index contributed by atoms with van der Waals surface area (Å²) in [5.74, 6) is -1.10. The van der Waals surface area contributed by atoms with Gasteiger partial charge in [0.25, 0.3) is 0 Å². The van der Waals surface area contributed by atoms with Crippen molar-refractivity contribution < 1.29 is 22.8 Å². The van der Waals surface area contributed by atoms with Crippen molar-refractivity contribution in [2.75, 3.05) is 37.3 Å². The number of hydrogen-bond acceptors (Lipinski definition) is 5. The van der Waals surface area contributed by atoms with Crippen molar-refractivity contribution in [3.63, 3.8) is 0 Å². The molecular weight excluding hydrogens is 444 g/mol. The van der Waals surface area contributed by atoms with Crippen LogP contribution >= 0.6 is 0 Å². The number of amides is 3. The Kier molecular flexibility index (Phi) is 9.12. The molecule has 0 saturated heterocycles. The lowest BCUT2D eigenvalue weighted by Gasteiger charge is -2.25. The number of carbonyl (C=O) groups is 3. The van der Waals surface area contributed by atoms with Crippen molar-refractivity contribution >= 4 is 39.1 Å². The Bertz CT molecular complexity index is 1100. The molecule has 0 aliphatic rings. The van der Waals surface area contributed by atoms with Crippen LogP contribution in [0, 0.1) is 6.92 Å². The van der Waals surface area contributed by atoms with E-state index in [1.165, 1.54) is 43.1 Å². The standard InChI is InChI=1S/C23H30N4O5S/c1-5-14-27(15-22(29)25-21-9-7-6-8-17(21)2)23(30)16-26(4)33(31,32)20-12-10-19(11-13-20)24-18(3)28/h6-13H,5,14-16H2,1-4H3,(H,24,28)(H,25,29). The summed E-state index contributed by atoms with van der Waals surface area (Å²) in [6.45, 7) is 4.82. The molecule has 33 heavy (non-hydrogen) atoms. The second kappa shape index (κ2) is 11.6. The number of benzene rings is 2. The van der Waals surface area contributed by atoms with E-state index in [4.69, 9.17) is 0 Å². The van der Waals surface area contributed by atoms with Crippen molar-refractivity contribution in [3.05, 3.63) is 54.1 Å². The van der Waals surface area contributed by atoms with E-state index in [1.54, 1.807) is 12.1 Å². The maximum atomic E-state index is 12.9. The second-order valence-corrected chi connectivity index (χ2v) is 9.69. The van der Waals surface area contributed by atoms with Crippen LogP contribution in [0.25, 0.3) is 0 Å². The van der Waals surface area contributed by atoms with Crippen LogP contribution in [0.3, 0.4) is 0 Å². The third-order valence-electron chi connectivity index (χ3n) is 4.84. The van der Waals surface area contributed by atoms with Crippen molar-refractivity contribution in [2.45, 2.75) is 32.1 Å². The molecule has 3 amide bonds. The van der Waals surface area contributed by atoms with Crippen LogP contribution < -0.4 is 10.6 Å². The highest BCUT2D eigenvalue weighted by Crippen LogP contribution is 2.18. The van der Waals surface area contributed by atoms with Gasteiger partial charge in [0.15, 0.2) is 0 Å². The van der Waals surface area contributed by atoms with Crippen LogP contribution in [-0.4, -0.2) is 62.0 Å². The molecule has 2 N–H and O–H groups in total. The Morgan fingerprint density at radius 3 is 2.15 bits per heavy atom. The van der Waals surface area contributed by atoms with Gasteiger partial charge in [-0.1, -0.05) is 25.1 Å². The van der Waals surface area contributed by atoms with Crippen molar-refractivity contribution in [2.24, 2.45) is 0 Å². The molecular formula is C23H30N4O5S. The molecule has 0 atom stereocenters. The quantitative estimate of drug-likeness (QED) is 0.549. The molecule has 9 nitrogen and oxygen atoms in total. The van der Waals surface area contributed by atoms with Crippen LogP contribution in [0.15, 0.2) is 53.4 Å². The summed E-state index contributed by atoms with van der Waals surface area (Å²) in [6, 6.07) is 13.0. The molecule has 0 aliphatic heterocycles. The maximum Gasteiger partial charge on any atom is 0.244 e. The lowest BCUT2D eigenvalue weighted by Crippen LogP contribution is -2.44. The molecule has 0 fully saturated rings. The lowest BCUT2D eigenvalue weighted by molar-refractivity contribution is -0.134. The molecule has 0 spiro atoms. The number of anilines is 2. The number of nitrogens with zero attached hydrogens (tertiary/aromatic N) is 2. The van der Waals surface area contributed by atoms with Gasteiger partial charge in [-0.25, -0.2) is 8.42 Å². The van der Waals surface area contributed by atoms with E-state index >= 15 is 0 Å². The van der Waals surface area contributed by atoms with Crippen LogP contribution in [0.4, 0.5) is 11.4 Å². The van der Waals surface area contributed by atoms with Crippen LogP contribution in [0.1, 0.15) is 25.8 Å². The Morgan fingerprint density at radius 1 is 0.939 bits per heavy atom. The molecule has 0 aromatic heterocycles. The molecule has 0 radical (unpaired) electrons. The number of para-hydroxylation sites is 1. The molecule has 2 rings (SSSR count). The largest absolute Gasteiger partial charge is 0.332 e. The lowest BCUT2D eigenvalue weighted by atomic mass is 10.2. The van der Waals surface area contributed by atoms with Gasteiger partial charge in [0.2, 0.25) is 27.7 Å². The van der Waals surface area contributed by atoms with E-state index in [-0.39, 0.29) is 23.3 Å².